The van der Waals surface area contributed by atoms with Crippen molar-refractivity contribution in [2.75, 3.05) is 20.8 Å². The van der Waals surface area contributed by atoms with Crippen molar-refractivity contribution in [1.29, 1.82) is 0 Å². The molecule has 144 valence electrons. The minimum Gasteiger partial charge on any atom is -0.507 e. The first kappa shape index (κ1) is 19.2. The van der Waals surface area contributed by atoms with E-state index in [9.17, 15) is 14.7 Å². The Morgan fingerprint density at radius 2 is 1.86 bits per heavy atom. The van der Waals surface area contributed by atoms with E-state index in [0.29, 0.717) is 22.6 Å². The fourth-order valence-electron chi connectivity index (χ4n) is 3.33. The van der Waals surface area contributed by atoms with Gasteiger partial charge in [-0.1, -0.05) is 36.4 Å². The fraction of sp³-hybridized carbons (Fsp3) is 0.182. The van der Waals surface area contributed by atoms with E-state index < -0.39 is 17.7 Å². The number of methoxy groups -OCH3 is 2. The van der Waals surface area contributed by atoms with Gasteiger partial charge in [0.15, 0.2) is 0 Å². The van der Waals surface area contributed by atoms with Crippen LogP contribution in [0.2, 0.25) is 0 Å². The van der Waals surface area contributed by atoms with Gasteiger partial charge in [-0.2, -0.15) is 0 Å². The molecule has 0 bridgehead atoms. The van der Waals surface area contributed by atoms with Gasteiger partial charge in [-0.05, 0) is 12.1 Å². The average molecular weight is 379 g/mol. The first-order valence-electron chi connectivity index (χ1n) is 8.70. The minimum absolute atomic E-state index is 0.0153. The van der Waals surface area contributed by atoms with Gasteiger partial charge in [-0.3, -0.25) is 9.59 Å². The van der Waals surface area contributed by atoms with Gasteiger partial charge in [0.1, 0.15) is 17.3 Å². The predicted molar refractivity (Wildman–Crippen MR) is 105 cm³/mol. The summed E-state index contributed by atoms with van der Waals surface area (Å²) in [7, 11) is 3.03. The molecule has 2 aromatic rings. The van der Waals surface area contributed by atoms with Crippen LogP contribution >= 0.6 is 0 Å². The van der Waals surface area contributed by atoms with Crippen LogP contribution in [0.5, 0.6) is 11.5 Å². The quantitative estimate of drug-likeness (QED) is 0.361. The number of ether oxygens (including phenoxy) is 2. The third-order valence-corrected chi connectivity index (χ3v) is 4.65. The Bertz CT molecular complexity index is 949. The zero-order valence-corrected chi connectivity index (χ0v) is 15.7. The van der Waals surface area contributed by atoms with Crippen molar-refractivity contribution < 1.29 is 24.2 Å². The lowest BCUT2D eigenvalue weighted by Crippen LogP contribution is -2.29. The second-order valence-electron chi connectivity index (χ2n) is 6.21. The second-order valence-corrected chi connectivity index (χ2v) is 6.21. The summed E-state index contributed by atoms with van der Waals surface area (Å²) in [6.45, 7) is 3.82. The Hall–Kier alpha value is -3.54. The zero-order valence-electron chi connectivity index (χ0n) is 15.7. The molecule has 1 atom stereocenters. The molecule has 0 aromatic heterocycles. The van der Waals surface area contributed by atoms with Gasteiger partial charge in [-0.15, -0.1) is 6.58 Å². The SMILES string of the molecule is C=CCN1C(=O)C(=O)/C(=C(/O)c2ccccc2)[C@H]1c1ccc(OC)cc1OC. The average Bonchev–Trinajstić information content (AvgIpc) is 2.98. The highest BCUT2D eigenvalue weighted by Crippen LogP contribution is 2.43. The van der Waals surface area contributed by atoms with Crippen LogP contribution in [-0.4, -0.2) is 42.5 Å². The third-order valence-electron chi connectivity index (χ3n) is 4.65. The molecule has 1 fully saturated rings. The molecule has 28 heavy (non-hydrogen) atoms. The number of nitrogens with zero attached hydrogens (tertiary/aromatic N) is 1. The van der Waals surface area contributed by atoms with E-state index in [-0.39, 0.29) is 17.9 Å². The van der Waals surface area contributed by atoms with E-state index in [4.69, 9.17) is 9.47 Å². The molecule has 0 unspecified atom stereocenters. The monoisotopic (exact) mass is 379 g/mol. The molecule has 0 spiro atoms. The number of aliphatic hydroxyl groups is 1. The molecule has 1 aliphatic rings. The predicted octanol–water partition coefficient (Wildman–Crippen LogP) is 3.31. The van der Waals surface area contributed by atoms with Gasteiger partial charge in [0, 0.05) is 23.7 Å². The first-order chi connectivity index (χ1) is 13.5. The van der Waals surface area contributed by atoms with Crippen molar-refractivity contribution in [3.63, 3.8) is 0 Å². The van der Waals surface area contributed by atoms with Crippen LogP contribution in [0, 0.1) is 0 Å². The maximum atomic E-state index is 12.8. The summed E-state index contributed by atoms with van der Waals surface area (Å²) >= 11 is 0. The van der Waals surface area contributed by atoms with Gasteiger partial charge < -0.3 is 19.5 Å². The van der Waals surface area contributed by atoms with E-state index in [1.807, 2.05) is 0 Å². The van der Waals surface area contributed by atoms with Crippen molar-refractivity contribution in [2.45, 2.75) is 6.04 Å². The van der Waals surface area contributed by atoms with Crippen molar-refractivity contribution in [3.8, 4) is 11.5 Å². The first-order valence-corrected chi connectivity index (χ1v) is 8.70. The normalized spacial score (nSPS) is 18.2. The summed E-state index contributed by atoms with van der Waals surface area (Å²) in [5, 5.41) is 10.9. The van der Waals surface area contributed by atoms with Crippen LogP contribution in [0.3, 0.4) is 0 Å². The van der Waals surface area contributed by atoms with Crippen LogP contribution < -0.4 is 9.47 Å². The highest BCUT2D eigenvalue weighted by atomic mass is 16.5. The van der Waals surface area contributed by atoms with Gasteiger partial charge >= 0.3 is 0 Å². The van der Waals surface area contributed by atoms with Crippen molar-refractivity contribution in [3.05, 3.63) is 77.9 Å². The van der Waals surface area contributed by atoms with E-state index in [1.54, 1.807) is 48.5 Å². The summed E-state index contributed by atoms with van der Waals surface area (Å²) in [5.41, 5.74) is 1.04. The molecule has 0 radical (unpaired) electrons. The number of benzene rings is 2. The van der Waals surface area contributed by atoms with Crippen molar-refractivity contribution in [1.82, 2.24) is 4.90 Å². The van der Waals surface area contributed by atoms with Gasteiger partial charge in [-0.25, -0.2) is 0 Å². The van der Waals surface area contributed by atoms with E-state index in [2.05, 4.69) is 6.58 Å². The molecule has 0 saturated carbocycles. The number of rotatable bonds is 6. The zero-order chi connectivity index (χ0) is 20.3. The Balaban J connectivity index is 2.25. The number of hydrogen-bond acceptors (Lipinski definition) is 5. The number of amides is 1. The number of ketones is 1. The molecule has 1 heterocycles. The summed E-state index contributed by atoms with van der Waals surface area (Å²) < 4.78 is 10.7. The smallest absolute Gasteiger partial charge is 0.295 e. The number of Topliss-reactive ketones (excluding diaryl/α,β-unsaturated/α-hetero) is 1. The molecule has 3 rings (SSSR count). The molecule has 6 heteroatoms. The Labute approximate surface area is 163 Å². The van der Waals surface area contributed by atoms with Crippen LogP contribution in [0.15, 0.2) is 66.8 Å². The summed E-state index contributed by atoms with van der Waals surface area (Å²) in [6.07, 6.45) is 1.54. The molecule has 1 saturated heterocycles. The van der Waals surface area contributed by atoms with Crippen molar-refractivity contribution >= 4 is 17.4 Å². The minimum atomic E-state index is -0.806. The molecule has 0 aliphatic carbocycles. The van der Waals surface area contributed by atoms with Crippen LogP contribution in [-0.2, 0) is 9.59 Å². The number of carbonyl (C=O) groups is 2. The molecule has 1 N–H and O–H groups in total. The highest BCUT2D eigenvalue weighted by molar-refractivity contribution is 6.46. The van der Waals surface area contributed by atoms with Crippen LogP contribution in [0.1, 0.15) is 17.2 Å². The largest absolute Gasteiger partial charge is 0.507 e. The Morgan fingerprint density at radius 3 is 2.46 bits per heavy atom. The lowest BCUT2D eigenvalue weighted by Gasteiger charge is -2.25. The molecule has 1 amide bonds. The van der Waals surface area contributed by atoms with E-state index >= 15 is 0 Å². The summed E-state index contributed by atoms with van der Waals surface area (Å²) in [4.78, 5) is 26.8. The Morgan fingerprint density at radius 1 is 1.14 bits per heavy atom. The van der Waals surface area contributed by atoms with Gasteiger partial charge in [0.05, 0.1) is 25.8 Å². The maximum absolute atomic E-state index is 12.8. The summed E-state index contributed by atoms with van der Waals surface area (Å²) in [6, 6.07) is 13.0. The second kappa shape index (κ2) is 8.00. The molecular formula is C22H21NO5. The third kappa shape index (κ3) is 3.24. The highest BCUT2D eigenvalue weighted by Gasteiger charge is 2.46. The number of hydrogen-bond donors (Lipinski definition) is 1. The van der Waals surface area contributed by atoms with E-state index in [1.165, 1.54) is 25.2 Å². The van der Waals surface area contributed by atoms with E-state index in [0.717, 1.165) is 0 Å². The lowest BCUT2D eigenvalue weighted by molar-refractivity contribution is -0.139. The lowest BCUT2D eigenvalue weighted by atomic mass is 9.94. The van der Waals surface area contributed by atoms with Crippen LogP contribution in [0.25, 0.3) is 5.76 Å². The molecule has 6 nitrogen and oxygen atoms in total. The standard InChI is InChI=1S/C22H21NO5/c1-4-12-23-19(16-11-10-15(27-2)13-17(16)28-3)18(21(25)22(23)26)20(24)14-8-6-5-7-9-14/h4-11,13,19,24H,1,12H2,2-3H3/b20-18+/t19-/m1/s1. The van der Waals surface area contributed by atoms with Crippen LogP contribution in [0.4, 0.5) is 0 Å². The Kier molecular flexibility index (Phi) is 5.49. The van der Waals surface area contributed by atoms with Crippen molar-refractivity contribution in [2.24, 2.45) is 0 Å². The fourth-order valence-corrected chi connectivity index (χ4v) is 3.33. The molecule has 2 aromatic carbocycles. The topological polar surface area (TPSA) is 76.1 Å². The number of carbonyl (C=O) groups excluding carboxylic acids is 2. The molecule has 1 aliphatic heterocycles. The van der Waals surface area contributed by atoms with Gasteiger partial charge in [0.25, 0.3) is 11.7 Å². The number of aliphatic hydroxyl groups excluding tert-OH is 1. The van der Waals surface area contributed by atoms with Gasteiger partial charge in [0.2, 0.25) is 0 Å². The maximum Gasteiger partial charge on any atom is 0.295 e. The summed E-state index contributed by atoms with van der Waals surface area (Å²) in [5.74, 6) is -0.650. The number of likely N-dealkylation sites (tertiary alicyclic amines) is 1. The molecular weight excluding hydrogens is 358 g/mol.